The summed E-state index contributed by atoms with van der Waals surface area (Å²) in [5, 5.41) is 4.43. The van der Waals surface area contributed by atoms with E-state index in [2.05, 4.69) is 10.3 Å². The van der Waals surface area contributed by atoms with Crippen molar-refractivity contribution >= 4 is 33.7 Å². The Morgan fingerprint density at radius 2 is 2.00 bits per heavy atom. The predicted octanol–water partition coefficient (Wildman–Crippen LogP) is 3.73. The Kier molecular flexibility index (Phi) is 3.80. The van der Waals surface area contributed by atoms with Gasteiger partial charge in [-0.15, -0.1) is 0 Å². The van der Waals surface area contributed by atoms with Crippen molar-refractivity contribution < 1.29 is 13.6 Å². The van der Waals surface area contributed by atoms with E-state index in [0.29, 0.717) is 22.5 Å². The fourth-order valence-corrected chi connectivity index (χ4v) is 3.03. The molecule has 6 nitrogen and oxygen atoms in total. The lowest BCUT2D eigenvalue weighted by Gasteiger charge is -2.08. The number of benzene rings is 1. The molecule has 0 aliphatic rings. The van der Waals surface area contributed by atoms with Gasteiger partial charge >= 0.3 is 5.63 Å². The average molecular weight is 348 g/mol. The number of nitrogens with one attached hydrogen (secondary N) is 1. The third kappa shape index (κ3) is 2.75. The molecule has 0 aliphatic heterocycles. The highest BCUT2D eigenvalue weighted by molar-refractivity contribution is 5.97. The third-order valence-corrected chi connectivity index (χ3v) is 4.44. The first-order valence-electron chi connectivity index (χ1n) is 8.18. The number of aryl methyl sites for hydroxylation is 2. The molecule has 3 heterocycles. The van der Waals surface area contributed by atoms with Gasteiger partial charge in [-0.05, 0) is 43.2 Å². The second kappa shape index (κ2) is 6.15. The minimum atomic E-state index is -0.520. The van der Waals surface area contributed by atoms with Crippen molar-refractivity contribution in [2.24, 2.45) is 0 Å². The van der Waals surface area contributed by atoms with Crippen molar-refractivity contribution in [2.75, 3.05) is 5.32 Å². The maximum absolute atomic E-state index is 12.4. The molecule has 1 N–H and O–H groups in total. The first kappa shape index (κ1) is 16.1. The Morgan fingerprint density at radius 3 is 2.77 bits per heavy atom. The number of fused-ring (bicyclic) bond motifs is 2. The maximum Gasteiger partial charge on any atom is 0.340 e. The summed E-state index contributed by atoms with van der Waals surface area (Å²) in [6, 6.07) is 8.87. The summed E-state index contributed by atoms with van der Waals surface area (Å²) in [6.07, 6.45) is 3.17. The van der Waals surface area contributed by atoms with Crippen molar-refractivity contribution in [1.82, 2.24) is 4.98 Å². The molecule has 4 aromatic rings. The van der Waals surface area contributed by atoms with Gasteiger partial charge in [0.05, 0.1) is 18.2 Å². The lowest BCUT2D eigenvalue weighted by molar-refractivity contribution is -0.115. The Labute approximate surface area is 148 Å². The van der Waals surface area contributed by atoms with Gasteiger partial charge in [0.2, 0.25) is 5.91 Å². The van der Waals surface area contributed by atoms with Crippen LogP contribution in [0.25, 0.3) is 21.9 Å². The number of rotatable bonds is 3. The van der Waals surface area contributed by atoms with E-state index < -0.39 is 5.63 Å². The molecule has 130 valence electrons. The van der Waals surface area contributed by atoms with E-state index in [1.54, 1.807) is 36.7 Å². The van der Waals surface area contributed by atoms with Crippen molar-refractivity contribution in [1.29, 1.82) is 0 Å². The zero-order valence-corrected chi connectivity index (χ0v) is 14.3. The van der Waals surface area contributed by atoms with Gasteiger partial charge in [-0.3, -0.25) is 4.79 Å². The Balaban J connectivity index is 1.74. The molecule has 6 heteroatoms. The standard InChI is InChI=1S/C20H16N2O4/c1-11-10-25-16-9-17-14(7-13(11)16)12(2)15(20(24)26-17)8-19(23)22-18-5-3-4-6-21-18/h3-7,9-10H,8H2,1-2H3,(H,21,22,23). The number of hydrogen-bond donors (Lipinski definition) is 1. The van der Waals surface area contributed by atoms with Crippen LogP contribution >= 0.6 is 0 Å². The molecule has 26 heavy (non-hydrogen) atoms. The van der Waals surface area contributed by atoms with E-state index in [1.165, 1.54) is 0 Å². The summed E-state index contributed by atoms with van der Waals surface area (Å²) >= 11 is 0. The van der Waals surface area contributed by atoms with Crippen LogP contribution < -0.4 is 10.9 Å². The lowest BCUT2D eigenvalue weighted by atomic mass is 10.0. The van der Waals surface area contributed by atoms with Crippen LogP contribution in [0.3, 0.4) is 0 Å². The van der Waals surface area contributed by atoms with Gasteiger partial charge < -0.3 is 14.2 Å². The van der Waals surface area contributed by atoms with Gasteiger partial charge in [-0.25, -0.2) is 9.78 Å². The average Bonchev–Trinajstić information content (AvgIpc) is 2.98. The van der Waals surface area contributed by atoms with E-state index in [4.69, 9.17) is 8.83 Å². The fraction of sp³-hybridized carbons (Fsp3) is 0.150. The second-order valence-corrected chi connectivity index (χ2v) is 6.20. The Hall–Kier alpha value is -3.41. The molecule has 0 spiro atoms. The first-order valence-corrected chi connectivity index (χ1v) is 8.18. The SMILES string of the molecule is Cc1coc2cc3oc(=O)c(CC(=O)Nc4ccccn4)c(C)c3cc12. The topological polar surface area (TPSA) is 85.3 Å². The fourth-order valence-electron chi connectivity index (χ4n) is 3.03. The summed E-state index contributed by atoms with van der Waals surface area (Å²) in [4.78, 5) is 28.7. The minimum Gasteiger partial charge on any atom is -0.464 e. The molecule has 0 unspecified atom stereocenters. The van der Waals surface area contributed by atoms with Crippen LogP contribution in [-0.4, -0.2) is 10.9 Å². The molecule has 0 bridgehead atoms. The van der Waals surface area contributed by atoms with E-state index in [9.17, 15) is 9.59 Å². The van der Waals surface area contributed by atoms with Crippen molar-refractivity contribution in [3.63, 3.8) is 0 Å². The van der Waals surface area contributed by atoms with Crippen LogP contribution in [0.1, 0.15) is 16.7 Å². The van der Waals surface area contributed by atoms with Crippen molar-refractivity contribution in [3.8, 4) is 0 Å². The van der Waals surface area contributed by atoms with Gasteiger partial charge in [0, 0.05) is 23.0 Å². The predicted molar refractivity (Wildman–Crippen MR) is 98.3 cm³/mol. The van der Waals surface area contributed by atoms with Crippen molar-refractivity contribution in [3.05, 3.63) is 69.9 Å². The molecular formula is C20H16N2O4. The zero-order valence-electron chi connectivity index (χ0n) is 14.3. The molecule has 0 radical (unpaired) electrons. The van der Waals surface area contributed by atoms with Gasteiger partial charge in [0.1, 0.15) is 17.0 Å². The lowest BCUT2D eigenvalue weighted by Crippen LogP contribution is -2.21. The molecule has 0 aliphatic carbocycles. The number of amides is 1. The molecular weight excluding hydrogens is 332 g/mol. The van der Waals surface area contributed by atoms with E-state index in [0.717, 1.165) is 21.9 Å². The van der Waals surface area contributed by atoms with Crippen LogP contribution in [0.5, 0.6) is 0 Å². The largest absolute Gasteiger partial charge is 0.464 e. The smallest absolute Gasteiger partial charge is 0.340 e. The quantitative estimate of drug-likeness (QED) is 0.570. The van der Waals surface area contributed by atoms with Gasteiger partial charge in [0.25, 0.3) is 0 Å². The van der Waals surface area contributed by atoms with E-state index >= 15 is 0 Å². The highest BCUT2D eigenvalue weighted by Crippen LogP contribution is 2.28. The number of furan rings is 1. The number of carbonyl (C=O) groups excluding carboxylic acids is 1. The maximum atomic E-state index is 12.4. The van der Waals surface area contributed by atoms with E-state index in [1.807, 2.05) is 19.9 Å². The zero-order chi connectivity index (χ0) is 18.3. The number of nitrogens with zero attached hydrogens (tertiary/aromatic N) is 1. The molecule has 0 saturated carbocycles. The Bertz CT molecular complexity index is 1190. The summed E-state index contributed by atoms with van der Waals surface area (Å²) in [7, 11) is 0. The highest BCUT2D eigenvalue weighted by Gasteiger charge is 2.17. The van der Waals surface area contributed by atoms with Crippen LogP contribution in [0.2, 0.25) is 0 Å². The number of pyridine rings is 1. The number of aromatic nitrogens is 1. The van der Waals surface area contributed by atoms with E-state index in [-0.39, 0.29) is 12.3 Å². The monoisotopic (exact) mass is 348 g/mol. The Morgan fingerprint density at radius 1 is 1.15 bits per heavy atom. The van der Waals surface area contributed by atoms with Gasteiger partial charge in [-0.1, -0.05) is 6.07 Å². The third-order valence-electron chi connectivity index (χ3n) is 4.44. The number of carbonyl (C=O) groups is 1. The molecule has 0 fully saturated rings. The molecule has 1 amide bonds. The second-order valence-electron chi connectivity index (χ2n) is 6.20. The molecule has 4 rings (SSSR count). The normalized spacial score (nSPS) is 11.2. The van der Waals surface area contributed by atoms with Crippen LogP contribution in [-0.2, 0) is 11.2 Å². The molecule has 1 aromatic carbocycles. The summed E-state index contributed by atoms with van der Waals surface area (Å²) < 4.78 is 10.9. The molecule has 0 atom stereocenters. The summed E-state index contributed by atoms with van der Waals surface area (Å²) in [6.45, 7) is 3.78. The molecule has 0 saturated heterocycles. The molecule has 3 aromatic heterocycles. The van der Waals surface area contributed by atoms with Crippen LogP contribution in [0.4, 0.5) is 5.82 Å². The number of anilines is 1. The van der Waals surface area contributed by atoms with Gasteiger partial charge in [0.15, 0.2) is 0 Å². The highest BCUT2D eigenvalue weighted by atomic mass is 16.4. The minimum absolute atomic E-state index is 0.0803. The first-order chi connectivity index (χ1) is 12.5. The van der Waals surface area contributed by atoms with Gasteiger partial charge in [-0.2, -0.15) is 0 Å². The summed E-state index contributed by atoms with van der Waals surface area (Å²) in [5.74, 6) is 0.120. The number of hydrogen-bond acceptors (Lipinski definition) is 5. The van der Waals surface area contributed by atoms with Crippen molar-refractivity contribution in [2.45, 2.75) is 20.3 Å². The van der Waals surface area contributed by atoms with Crippen LogP contribution in [0.15, 0.2) is 56.4 Å². The van der Waals surface area contributed by atoms with Crippen LogP contribution in [0, 0.1) is 13.8 Å². The summed E-state index contributed by atoms with van der Waals surface area (Å²) in [5.41, 5.74) is 2.67.